The lowest BCUT2D eigenvalue weighted by molar-refractivity contribution is -0.138. The number of nitrogens with zero attached hydrogens (tertiary/aromatic N) is 2. The van der Waals surface area contributed by atoms with Gasteiger partial charge in [0.1, 0.15) is 0 Å². The van der Waals surface area contributed by atoms with Gasteiger partial charge in [-0.1, -0.05) is 0 Å². The Kier molecular flexibility index (Phi) is 7.46. The largest absolute Gasteiger partial charge is 0.356 e. The highest BCUT2D eigenvalue weighted by atomic mass is 32.2. The lowest BCUT2D eigenvalue weighted by Crippen LogP contribution is -2.43. The first-order valence-corrected chi connectivity index (χ1v) is 11.4. The average molecular weight is 388 g/mol. The molecular formula is C18H33N3O4S. The first-order chi connectivity index (χ1) is 12.2. The van der Waals surface area contributed by atoms with E-state index in [9.17, 15) is 18.0 Å². The Bertz CT molecular complexity index is 598. The smallest absolute Gasteiger partial charge is 0.225 e. The van der Waals surface area contributed by atoms with Gasteiger partial charge in [0, 0.05) is 31.5 Å². The molecule has 2 amide bonds. The van der Waals surface area contributed by atoms with Crippen LogP contribution in [0.5, 0.6) is 0 Å². The van der Waals surface area contributed by atoms with E-state index in [0.29, 0.717) is 25.8 Å². The molecule has 1 aliphatic heterocycles. The molecule has 0 aromatic carbocycles. The maximum Gasteiger partial charge on any atom is 0.225 e. The van der Waals surface area contributed by atoms with Crippen LogP contribution in [0.3, 0.4) is 0 Å². The molecule has 26 heavy (non-hydrogen) atoms. The number of amides is 2. The summed E-state index contributed by atoms with van der Waals surface area (Å²) in [6.07, 6.45) is 4.34. The SMILES string of the molecule is CN(C)CCCNC(=O)C1CCC(C(=O)N(C)C2CCS(=O)(=O)C2)CC1. The standard InChI is InChI=1S/C18H33N3O4S/c1-20(2)11-4-10-19-17(22)14-5-7-15(8-6-14)18(23)21(3)16-9-12-26(24,25)13-16/h14-16H,4-13H2,1-3H3,(H,19,22). The Hall–Kier alpha value is -1.15. The van der Waals surface area contributed by atoms with E-state index >= 15 is 0 Å². The van der Waals surface area contributed by atoms with Crippen molar-refractivity contribution in [3.63, 3.8) is 0 Å². The van der Waals surface area contributed by atoms with Gasteiger partial charge in [-0.2, -0.15) is 0 Å². The molecule has 7 nitrogen and oxygen atoms in total. The molecule has 0 aromatic rings. The van der Waals surface area contributed by atoms with Crippen LogP contribution in [0.25, 0.3) is 0 Å². The maximum absolute atomic E-state index is 12.7. The van der Waals surface area contributed by atoms with Crippen LogP contribution in [0.15, 0.2) is 0 Å². The Morgan fingerprint density at radius 3 is 2.15 bits per heavy atom. The van der Waals surface area contributed by atoms with Crippen molar-refractivity contribution in [2.24, 2.45) is 11.8 Å². The minimum Gasteiger partial charge on any atom is -0.356 e. The van der Waals surface area contributed by atoms with Gasteiger partial charge in [0.2, 0.25) is 11.8 Å². The second kappa shape index (κ2) is 9.17. The number of hydrogen-bond donors (Lipinski definition) is 1. The molecule has 8 heteroatoms. The van der Waals surface area contributed by atoms with E-state index in [1.807, 2.05) is 14.1 Å². The number of carbonyl (C=O) groups excluding carboxylic acids is 2. The predicted octanol–water partition coefficient (Wildman–Crippen LogP) is 0.506. The topological polar surface area (TPSA) is 86.8 Å². The summed E-state index contributed by atoms with van der Waals surface area (Å²) in [5.74, 6) is 0.314. The summed E-state index contributed by atoms with van der Waals surface area (Å²) in [5, 5.41) is 3.00. The fraction of sp³-hybridized carbons (Fsp3) is 0.889. The summed E-state index contributed by atoms with van der Waals surface area (Å²) in [6, 6.07) is -0.190. The maximum atomic E-state index is 12.7. The van der Waals surface area contributed by atoms with Gasteiger partial charge >= 0.3 is 0 Å². The molecule has 1 aliphatic carbocycles. The van der Waals surface area contributed by atoms with Crippen LogP contribution in [0, 0.1) is 11.8 Å². The van der Waals surface area contributed by atoms with Crippen LogP contribution in [0.4, 0.5) is 0 Å². The van der Waals surface area contributed by atoms with Crippen LogP contribution in [0.2, 0.25) is 0 Å². The minimum atomic E-state index is -2.99. The molecule has 1 atom stereocenters. The molecule has 2 fully saturated rings. The summed E-state index contributed by atoms with van der Waals surface area (Å²) < 4.78 is 23.2. The quantitative estimate of drug-likeness (QED) is 0.643. The summed E-state index contributed by atoms with van der Waals surface area (Å²) >= 11 is 0. The van der Waals surface area contributed by atoms with E-state index in [1.54, 1.807) is 11.9 Å². The van der Waals surface area contributed by atoms with Crippen molar-refractivity contribution in [3.05, 3.63) is 0 Å². The molecule has 0 aromatic heterocycles. The number of hydrogen-bond acceptors (Lipinski definition) is 5. The van der Waals surface area contributed by atoms with E-state index in [2.05, 4.69) is 10.2 Å². The molecule has 150 valence electrons. The fourth-order valence-electron chi connectivity index (χ4n) is 3.90. The molecule has 0 bridgehead atoms. The van der Waals surface area contributed by atoms with Crippen molar-refractivity contribution >= 4 is 21.7 Å². The molecule has 1 heterocycles. The Morgan fingerprint density at radius 2 is 1.62 bits per heavy atom. The van der Waals surface area contributed by atoms with Gasteiger partial charge in [-0.05, 0) is 59.2 Å². The second-order valence-corrected chi connectivity index (χ2v) is 10.2. The Morgan fingerprint density at radius 1 is 1.00 bits per heavy atom. The molecule has 2 rings (SSSR count). The van der Waals surface area contributed by atoms with Crippen molar-refractivity contribution in [1.82, 2.24) is 15.1 Å². The first-order valence-electron chi connectivity index (χ1n) is 9.59. The molecule has 1 saturated heterocycles. The van der Waals surface area contributed by atoms with Gasteiger partial charge in [-0.15, -0.1) is 0 Å². The zero-order valence-corrected chi connectivity index (χ0v) is 17.1. The molecule has 2 aliphatic rings. The average Bonchev–Trinajstić information content (AvgIpc) is 2.97. The van der Waals surface area contributed by atoms with Gasteiger partial charge in [0.15, 0.2) is 9.84 Å². The van der Waals surface area contributed by atoms with Crippen LogP contribution in [0.1, 0.15) is 38.5 Å². The highest BCUT2D eigenvalue weighted by molar-refractivity contribution is 7.91. The highest BCUT2D eigenvalue weighted by Gasteiger charge is 2.37. The molecule has 0 radical (unpaired) electrons. The van der Waals surface area contributed by atoms with Crippen LogP contribution >= 0.6 is 0 Å². The third kappa shape index (κ3) is 5.94. The number of sulfone groups is 1. The minimum absolute atomic E-state index is 0.00410. The molecule has 1 saturated carbocycles. The zero-order chi connectivity index (χ0) is 19.3. The third-order valence-corrected chi connectivity index (χ3v) is 7.38. The molecule has 1 unspecified atom stereocenters. The van der Waals surface area contributed by atoms with Crippen molar-refractivity contribution in [2.75, 3.05) is 45.7 Å². The Labute approximate surface area is 157 Å². The normalized spacial score (nSPS) is 28.1. The van der Waals surface area contributed by atoms with Gasteiger partial charge in [-0.3, -0.25) is 9.59 Å². The van der Waals surface area contributed by atoms with Gasteiger partial charge in [-0.25, -0.2) is 8.42 Å². The summed E-state index contributed by atoms with van der Waals surface area (Å²) in [6.45, 7) is 1.64. The van der Waals surface area contributed by atoms with Gasteiger partial charge < -0.3 is 15.1 Å². The van der Waals surface area contributed by atoms with Crippen molar-refractivity contribution in [2.45, 2.75) is 44.6 Å². The van der Waals surface area contributed by atoms with Gasteiger partial charge in [0.25, 0.3) is 0 Å². The van der Waals surface area contributed by atoms with E-state index in [-0.39, 0.29) is 41.2 Å². The summed E-state index contributed by atoms with van der Waals surface area (Å²) in [5.41, 5.74) is 0. The van der Waals surface area contributed by atoms with E-state index in [1.165, 1.54) is 0 Å². The Balaban J connectivity index is 1.73. The van der Waals surface area contributed by atoms with E-state index in [4.69, 9.17) is 0 Å². The lowest BCUT2D eigenvalue weighted by Gasteiger charge is -2.32. The molecule has 0 spiro atoms. The molecular weight excluding hydrogens is 354 g/mol. The van der Waals surface area contributed by atoms with Gasteiger partial charge in [0.05, 0.1) is 11.5 Å². The highest BCUT2D eigenvalue weighted by Crippen LogP contribution is 2.31. The van der Waals surface area contributed by atoms with Crippen LogP contribution < -0.4 is 5.32 Å². The fourth-order valence-corrected chi connectivity index (χ4v) is 5.68. The summed E-state index contributed by atoms with van der Waals surface area (Å²) in [4.78, 5) is 28.6. The van der Waals surface area contributed by atoms with Crippen molar-refractivity contribution in [3.8, 4) is 0 Å². The molecule has 1 N–H and O–H groups in total. The van der Waals surface area contributed by atoms with Crippen molar-refractivity contribution in [1.29, 1.82) is 0 Å². The number of nitrogens with one attached hydrogen (secondary N) is 1. The third-order valence-electron chi connectivity index (χ3n) is 5.63. The van der Waals surface area contributed by atoms with Crippen LogP contribution in [-0.4, -0.2) is 81.8 Å². The lowest BCUT2D eigenvalue weighted by atomic mass is 9.80. The number of rotatable bonds is 7. The second-order valence-electron chi connectivity index (χ2n) is 8.00. The van der Waals surface area contributed by atoms with Crippen molar-refractivity contribution < 1.29 is 18.0 Å². The summed E-state index contributed by atoms with van der Waals surface area (Å²) in [7, 11) is 2.75. The van der Waals surface area contributed by atoms with E-state index < -0.39 is 9.84 Å². The van der Waals surface area contributed by atoms with E-state index in [0.717, 1.165) is 25.8 Å². The number of carbonyl (C=O) groups is 2. The first kappa shape index (κ1) is 21.2. The predicted molar refractivity (Wildman–Crippen MR) is 101 cm³/mol. The monoisotopic (exact) mass is 387 g/mol. The van der Waals surface area contributed by atoms with Crippen LogP contribution in [-0.2, 0) is 19.4 Å². The zero-order valence-electron chi connectivity index (χ0n) is 16.2.